The molecular weight excluding hydrogens is 1330 g/mol. The second-order valence-electron chi connectivity index (χ2n) is 28.7. The molecule has 36 heteroatoms. The van der Waals surface area contributed by atoms with E-state index in [9.17, 15) is 96.8 Å². The maximum atomic E-state index is 14.6. The topological polar surface area (TPSA) is 515 Å². The van der Waals surface area contributed by atoms with Crippen molar-refractivity contribution in [2.45, 2.75) is 265 Å². The zero-order valence-electron chi connectivity index (χ0n) is 54.3. The van der Waals surface area contributed by atoms with E-state index in [4.69, 9.17) is 56.8 Å². The Labute approximate surface area is 554 Å². The number of esters is 1. The molecule has 9 fully saturated rings. The Bertz CT molecular complexity index is 3070. The van der Waals surface area contributed by atoms with Gasteiger partial charge in [-0.25, -0.2) is 8.37 Å². The number of hydrogen-bond acceptors (Lipinski definition) is 32. The van der Waals surface area contributed by atoms with Gasteiger partial charge in [0.1, 0.15) is 121 Å². The molecule has 0 aromatic heterocycles. The molecule has 0 aromatic carbocycles. The van der Waals surface area contributed by atoms with E-state index in [2.05, 4.69) is 28.8 Å². The first-order valence-corrected chi connectivity index (χ1v) is 34.9. The van der Waals surface area contributed by atoms with Crippen LogP contribution in [0.25, 0.3) is 0 Å². The summed E-state index contributed by atoms with van der Waals surface area (Å²) in [7, 11) is -9.23. The Morgan fingerprint density at radius 1 is 0.615 bits per heavy atom. The van der Waals surface area contributed by atoms with Crippen molar-refractivity contribution in [2.24, 2.45) is 39.4 Å². The molecule has 6 aliphatic heterocycles. The number of aliphatic hydroxyl groups is 12. The average Bonchev–Trinajstić information content (AvgIpc) is 1.42. The summed E-state index contributed by atoms with van der Waals surface area (Å²) in [5, 5.41) is 136. The van der Waals surface area contributed by atoms with E-state index in [1.807, 2.05) is 26.8 Å². The number of ketones is 1. The fourth-order valence-corrected chi connectivity index (χ4v) is 18.3. The highest BCUT2D eigenvalue weighted by atomic mass is 32.3. The highest BCUT2D eigenvalue weighted by molar-refractivity contribution is 7.81. The van der Waals surface area contributed by atoms with Crippen LogP contribution in [0.3, 0.4) is 0 Å². The number of carbonyl (C=O) groups excluding carboxylic acids is 2. The summed E-state index contributed by atoms with van der Waals surface area (Å²) in [4.78, 5) is 27.4. The molecule has 10 aliphatic rings. The van der Waals surface area contributed by atoms with Crippen molar-refractivity contribution in [3.63, 3.8) is 0 Å². The predicted molar refractivity (Wildman–Crippen MR) is 316 cm³/mol. The molecule has 10 rings (SSSR count). The normalized spacial score (nSPS) is 49.5. The van der Waals surface area contributed by atoms with Gasteiger partial charge in [0.25, 0.3) is 0 Å². The fourth-order valence-electron chi connectivity index (χ4n) is 17.7. The molecule has 550 valence electrons. The maximum absolute atomic E-state index is 14.6. The Kier molecular flexibility index (Phi) is 22.4. The molecule has 6 saturated heterocycles. The molecule has 0 aromatic rings. The third-order valence-electron chi connectivity index (χ3n) is 22.8. The van der Waals surface area contributed by atoms with Gasteiger partial charge in [-0.05, 0) is 99.4 Å². The number of methoxy groups -OCH3 is 1. The van der Waals surface area contributed by atoms with Gasteiger partial charge in [0.2, 0.25) is 0 Å². The number of carbonyl (C=O) groups is 2. The van der Waals surface area contributed by atoms with Crippen molar-refractivity contribution in [3.05, 3.63) is 23.8 Å². The van der Waals surface area contributed by atoms with Crippen molar-refractivity contribution < 1.29 is 162 Å². The van der Waals surface area contributed by atoms with Gasteiger partial charge < -0.3 is 118 Å². The highest BCUT2D eigenvalue weighted by Crippen LogP contribution is 2.76. The second-order valence-corrected chi connectivity index (χ2v) is 30.8. The second kappa shape index (κ2) is 28.2. The van der Waals surface area contributed by atoms with E-state index in [-0.39, 0.29) is 36.4 Å². The SMILES string of the molecule is C=C(C)C(=O)CCC1(C)OC(=O)C23C(O)C=C4C(CCC5C4(C)CCC(OC4OCC(OC6OC(COS(=O)(=O)O)C(O)C(O)C6O)C(O)C4OC4OC(C)C(OC6OC(COS(=O)(=O)O)C(O)C(OC7OC(CO)C(O)C(OC)C7O)C6O)C(O)C4O)C5(C)C)C2(C)CCC13. The number of fused-ring (bicyclic) bond motifs is 4. The van der Waals surface area contributed by atoms with Gasteiger partial charge in [0.05, 0.1) is 44.7 Å². The number of rotatable bonds is 22. The lowest BCUT2D eigenvalue weighted by Crippen LogP contribution is -2.67. The molecular formula is C60H94O34S2. The largest absolute Gasteiger partial charge is 0.458 e. The van der Waals surface area contributed by atoms with Crippen molar-refractivity contribution in [1.29, 1.82) is 0 Å². The van der Waals surface area contributed by atoms with Crippen molar-refractivity contribution in [1.82, 2.24) is 0 Å². The van der Waals surface area contributed by atoms with E-state index in [0.29, 0.717) is 44.1 Å². The molecule has 0 bridgehead atoms. The maximum Gasteiger partial charge on any atom is 0.397 e. The van der Waals surface area contributed by atoms with Gasteiger partial charge in [-0.3, -0.25) is 18.7 Å². The zero-order valence-corrected chi connectivity index (χ0v) is 55.9. The lowest BCUT2D eigenvalue weighted by Gasteiger charge is -2.64. The van der Waals surface area contributed by atoms with Gasteiger partial charge in [-0.1, -0.05) is 45.9 Å². The quantitative estimate of drug-likeness (QED) is 0.0163. The lowest BCUT2D eigenvalue weighted by molar-refractivity contribution is -0.394. The molecule has 34 nitrogen and oxygen atoms in total. The van der Waals surface area contributed by atoms with Crippen LogP contribution in [-0.4, -0.2) is 298 Å². The van der Waals surface area contributed by atoms with E-state index in [1.165, 1.54) is 6.92 Å². The first-order valence-electron chi connectivity index (χ1n) is 32.2. The Morgan fingerprint density at radius 2 is 1.17 bits per heavy atom. The first kappa shape index (κ1) is 76.1. The Morgan fingerprint density at radius 3 is 1.77 bits per heavy atom. The van der Waals surface area contributed by atoms with Gasteiger partial charge >= 0.3 is 26.8 Å². The van der Waals surface area contributed by atoms with Gasteiger partial charge in [-0.2, -0.15) is 16.8 Å². The van der Waals surface area contributed by atoms with E-state index >= 15 is 0 Å². The molecule has 6 heterocycles. The molecule has 0 amide bonds. The molecule has 1 spiro atoms. The monoisotopic (exact) mass is 1420 g/mol. The number of cyclic esters (lactones) is 1. The Balaban J connectivity index is 0.893. The molecule has 14 N–H and O–H groups in total. The van der Waals surface area contributed by atoms with Crippen LogP contribution in [0.4, 0.5) is 0 Å². The summed E-state index contributed by atoms with van der Waals surface area (Å²) >= 11 is 0. The minimum atomic E-state index is -5.23. The van der Waals surface area contributed by atoms with Crippen LogP contribution < -0.4 is 0 Å². The molecule has 0 radical (unpaired) electrons. The average molecular weight is 1420 g/mol. The van der Waals surface area contributed by atoms with Crippen LogP contribution >= 0.6 is 0 Å². The van der Waals surface area contributed by atoms with Crippen molar-refractivity contribution >= 4 is 32.6 Å². The van der Waals surface area contributed by atoms with Gasteiger partial charge in [-0.15, -0.1) is 0 Å². The fraction of sp³-hybridized carbons (Fsp3) is 0.900. The molecule has 4 aliphatic carbocycles. The van der Waals surface area contributed by atoms with Crippen LogP contribution in [0.2, 0.25) is 0 Å². The third-order valence-corrected chi connectivity index (χ3v) is 23.7. The molecule has 96 heavy (non-hydrogen) atoms. The Hall–Kier alpha value is -2.56. The lowest BCUT2D eigenvalue weighted by atomic mass is 9.40. The first-order chi connectivity index (χ1) is 44.7. The van der Waals surface area contributed by atoms with E-state index < -0.39 is 240 Å². The number of allylic oxidation sites excluding steroid dienone is 2. The minimum absolute atomic E-state index is 0.131. The summed E-state index contributed by atoms with van der Waals surface area (Å²) in [6.45, 7) is 13.1. The predicted octanol–water partition coefficient (Wildman–Crippen LogP) is -3.76. The van der Waals surface area contributed by atoms with Crippen LogP contribution in [0.15, 0.2) is 23.8 Å². The van der Waals surface area contributed by atoms with Crippen LogP contribution in [-0.2, 0) is 95.6 Å². The van der Waals surface area contributed by atoms with Gasteiger partial charge in [0.15, 0.2) is 37.2 Å². The molecule has 3 saturated carbocycles. The standard InChI is InChI=1S/C60H94O34S2/c1-23(2)27(62)12-17-59(8)33-13-16-58(7)25-10-11-32-56(4,5)35(14-15-57(32,6)26(25)18-34(63)60(33,58)55(74)94-59)90-54-49(39(67)29(20-82-54)87-51-42(70)40(68)36(64)30(88-51)21-83-95(75,76)77)93-50-43(71)41(69)46(24(3)85-50)91-53-45(73)48(38(66)31(89-53)22-84-96(78,79)80)92-52-44(72)47(81-9)37(65)28(19-61)86-52/h18,24-25,28-54,61,63-73H,1,10-17,19-22H2,2-9H3,(H,75,76,77)(H,78,79,80). The summed E-state index contributed by atoms with van der Waals surface area (Å²) < 4.78 is 146. The van der Waals surface area contributed by atoms with E-state index in [0.717, 1.165) is 12.7 Å². The summed E-state index contributed by atoms with van der Waals surface area (Å²) in [6, 6.07) is 0. The van der Waals surface area contributed by atoms with Crippen molar-refractivity contribution in [2.75, 3.05) is 33.5 Å². The summed E-state index contributed by atoms with van der Waals surface area (Å²) in [5.74, 6) is -1.31. The van der Waals surface area contributed by atoms with Gasteiger partial charge in [0, 0.05) is 19.4 Å². The molecule has 33 atom stereocenters. The smallest absolute Gasteiger partial charge is 0.397 e. The highest BCUT2D eigenvalue weighted by Gasteiger charge is 2.79. The number of Topliss-reactive ketones (excluding diaryl/α,β-unsaturated/α-hetero) is 1. The van der Waals surface area contributed by atoms with E-state index in [1.54, 1.807) is 6.92 Å². The van der Waals surface area contributed by atoms with Crippen molar-refractivity contribution in [3.8, 4) is 0 Å². The summed E-state index contributed by atoms with van der Waals surface area (Å²) in [5.41, 5.74) is -2.96. The third kappa shape index (κ3) is 13.7. The molecule has 33 unspecified atom stereocenters. The minimum Gasteiger partial charge on any atom is -0.458 e. The summed E-state index contributed by atoms with van der Waals surface area (Å²) in [6.07, 6.45) is -41.5. The number of hydrogen-bond donors (Lipinski definition) is 14. The number of aliphatic hydroxyl groups excluding tert-OH is 12. The van der Waals surface area contributed by atoms with Crippen LogP contribution in [0, 0.1) is 39.4 Å². The number of ether oxygens (including phenoxy) is 12. The van der Waals surface area contributed by atoms with Crippen LogP contribution in [0.5, 0.6) is 0 Å². The zero-order chi connectivity index (χ0) is 70.6. The van der Waals surface area contributed by atoms with Crippen LogP contribution in [0.1, 0.15) is 99.8 Å².